The van der Waals surface area contributed by atoms with Gasteiger partial charge in [0.25, 0.3) is 15.5 Å². The van der Waals surface area contributed by atoms with Crippen LogP contribution in [0.1, 0.15) is 12.1 Å². The molecule has 0 saturated heterocycles. The second kappa shape index (κ2) is 4.38. The van der Waals surface area contributed by atoms with E-state index in [1.807, 2.05) is 0 Å². The maximum absolute atomic E-state index is 12.4. The Labute approximate surface area is 94.6 Å². The highest BCUT2D eigenvalue weighted by atomic mass is 35.7. The lowest BCUT2D eigenvalue weighted by Gasteiger charge is -2.09. The molecule has 0 radical (unpaired) electrons. The van der Waals surface area contributed by atoms with Gasteiger partial charge in [-0.25, -0.2) is 22.2 Å². The van der Waals surface area contributed by atoms with Crippen molar-refractivity contribution >= 4 is 25.4 Å². The number of hydrogen-bond acceptors (Lipinski definition) is 5. The maximum atomic E-state index is 12.4. The predicted octanol–water partition coefficient (Wildman–Crippen LogP) is 1.54. The summed E-state index contributed by atoms with van der Waals surface area (Å²) in [4.78, 5) is 3.20. The van der Waals surface area contributed by atoms with Crippen LogP contribution in [0.5, 0.6) is 5.75 Å². The smallest absolute Gasteiger partial charge is 0.282 e. The van der Waals surface area contributed by atoms with Gasteiger partial charge >= 0.3 is 0 Å². The number of nitrogens with zero attached hydrogens (tertiary/aromatic N) is 1. The minimum Gasteiger partial charge on any atom is -0.492 e. The first-order valence-electron chi connectivity index (χ1n) is 3.84. The van der Waals surface area contributed by atoms with Gasteiger partial charge in [0.2, 0.25) is 5.03 Å². The molecular weight excluding hydrogens is 266 g/mol. The van der Waals surface area contributed by atoms with Crippen molar-refractivity contribution < 1.29 is 21.9 Å². The largest absolute Gasteiger partial charge is 0.492 e. The van der Waals surface area contributed by atoms with Crippen molar-refractivity contribution in [3.05, 3.63) is 11.8 Å². The van der Waals surface area contributed by atoms with Gasteiger partial charge in [-0.2, -0.15) is 0 Å². The van der Waals surface area contributed by atoms with Gasteiger partial charge in [0.1, 0.15) is 5.69 Å². The lowest BCUT2D eigenvalue weighted by atomic mass is 10.3. The molecule has 2 N–H and O–H groups in total. The fourth-order valence-electron chi connectivity index (χ4n) is 1.03. The molecule has 5 nitrogen and oxygen atoms in total. The van der Waals surface area contributed by atoms with E-state index in [1.165, 1.54) is 0 Å². The van der Waals surface area contributed by atoms with Crippen LogP contribution in [0.4, 0.5) is 14.5 Å². The number of pyridine rings is 1. The van der Waals surface area contributed by atoms with Crippen LogP contribution in [0.2, 0.25) is 0 Å². The highest BCUT2D eigenvalue weighted by molar-refractivity contribution is 8.13. The average molecular weight is 273 g/mol. The molecule has 90 valence electrons. The number of methoxy groups -OCH3 is 1. The van der Waals surface area contributed by atoms with E-state index in [-0.39, 0.29) is 11.4 Å². The Balaban J connectivity index is 3.56. The van der Waals surface area contributed by atoms with E-state index in [4.69, 9.17) is 16.4 Å². The molecule has 9 heteroatoms. The maximum Gasteiger partial charge on any atom is 0.282 e. The first-order valence-corrected chi connectivity index (χ1v) is 6.15. The lowest BCUT2D eigenvalue weighted by molar-refractivity contribution is 0.145. The number of nitrogens with two attached hydrogens (primary N) is 1. The topological polar surface area (TPSA) is 82.3 Å². The third-order valence-electron chi connectivity index (χ3n) is 1.65. The van der Waals surface area contributed by atoms with Crippen molar-refractivity contribution in [2.75, 3.05) is 12.8 Å². The number of anilines is 1. The zero-order valence-corrected chi connectivity index (χ0v) is 9.52. The average Bonchev–Trinajstić information content (AvgIpc) is 2.14. The molecule has 0 unspecified atom stereocenters. The van der Waals surface area contributed by atoms with Crippen LogP contribution >= 0.6 is 10.7 Å². The minimum atomic E-state index is -4.30. The molecule has 0 aliphatic carbocycles. The Bertz CT molecular complexity index is 507. The van der Waals surface area contributed by atoms with Crippen LogP contribution in [0, 0.1) is 0 Å². The van der Waals surface area contributed by atoms with Crippen LogP contribution in [0.3, 0.4) is 0 Å². The van der Waals surface area contributed by atoms with Crippen LogP contribution < -0.4 is 10.5 Å². The molecule has 1 rings (SSSR count). The number of rotatable bonds is 3. The van der Waals surface area contributed by atoms with E-state index in [9.17, 15) is 17.2 Å². The number of nitrogen functional groups attached to an aromatic ring is 1. The summed E-state index contributed by atoms with van der Waals surface area (Å²) in [6.45, 7) is 0. The summed E-state index contributed by atoms with van der Waals surface area (Å²) in [6.07, 6.45) is -2.95. The zero-order valence-electron chi connectivity index (χ0n) is 7.95. The number of aromatic nitrogens is 1. The Kier molecular flexibility index (Phi) is 3.54. The molecule has 0 aliphatic rings. The number of ether oxygens (including phenoxy) is 1. The Morgan fingerprint density at radius 3 is 2.50 bits per heavy atom. The zero-order chi connectivity index (χ0) is 12.5. The molecule has 0 atom stereocenters. The van der Waals surface area contributed by atoms with Gasteiger partial charge in [0.15, 0.2) is 5.75 Å². The van der Waals surface area contributed by atoms with Gasteiger partial charge in [-0.15, -0.1) is 0 Å². The molecule has 16 heavy (non-hydrogen) atoms. The van der Waals surface area contributed by atoms with Gasteiger partial charge in [-0.1, -0.05) is 0 Å². The predicted molar refractivity (Wildman–Crippen MR) is 53.2 cm³/mol. The van der Waals surface area contributed by atoms with E-state index in [1.54, 1.807) is 0 Å². The van der Waals surface area contributed by atoms with Gasteiger partial charge in [-0.3, -0.25) is 0 Å². The molecule has 1 heterocycles. The third kappa shape index (κ3) is 2.50. The fraction of sp³-hybridized carbons (Fsp3) is 0.286. The fourth-order valence-corrected chi connectivity index (χ4v) is 1.98. The van der Waals surface area contributed by atoms with Crippen LogP contribution in [0.15, 0.2) is 11.1 Å². The summed E-state index contributed by atoms with van der Waals surface area (Å²) in [5.74, 6) is -0.348. The normalized spacial score (nSPS) is 11.8. The van der Waals surface area contributed by atoms with Crippen LogP contribution in [0.25, 0.3) is 0 Å². The number of alkyl halides is 2. The summed E-state index contributed by atoms with van der Waals surface area (Å²) in [7, 11) is 1.85. The van der Waals surface area contributed by atoms with E-state index < -0.39 is 26.2 Å². The van der Waals surface area contributed by atoms with E-state index in [2.05, 4.69) is 9.72 Å². The van der Waals surface area contributed by atoms with Crippen molar-refractivity contribution in [2.45, 2.75) is 11.5 Å². The van der Waals surface area contributed by atoms with Crippen molar-refractivity contribution in [2.24, 2.45) is 0 Å². The van der Waals surface area contributed by atoms with Gasteiger partial charge in [0.05, 0.1) is 12.8 Å². The molecule has 1 aromatic rings. The van der Waals surface area contributed by atoms with Crippen molar-refractivity contribution in [3.63, 3.8) is 0 Å². The summed E-state index contributed by atoms with van der Waals surface area (Å²) in [5, 5.41) is -0.813. The van der Waals surface area contributed by atoms with E-state index >= 15 is 0 Å². The van der Waals surface area contributed by atoms with Gasteiger partial charge < -0.3 is 10.5 Å². The van der Waals surface area contributed by atoms with E-state index in [0.29, 0.717) is 0 Å². The third-order valence-corrected chi connectivity index (χ3v) is 2.83. The van der Waals surface area contributed by atoms with Crippen molar-refractivity contribution in [3.8, 4) is 5.75 Å². The van der Waals surface area contributed by atoms with Crippen LogP contribution in [-0.2, 0) is 9.05 Å². The number of hydrogen-bond donors (Lipinski definition) is 1. The van der Waals surface area contributed by atoms with Crippen molar-refractivity contribution in [1.82, 2.24) is 4.98 Å². The summed E-state index contributed by atoms with van der Waals surface area (Å²) in [6, 6.07) is 0.828. The SMILES string of the molecule is COc1c(N)cc(C(F)F)nc1S(=O)(=O)Cl. The molecule has 0 fully saturated rings. The summed E-state index contributed by atoms with van der Waals surface area (Å²) >= 11 is 0. The minimum absolute atomic E-state index is 0.271. The second-order valence-electron chi connectivity index (χ2n) is 2.71. The van der Waals surface area contributed by atoms with Gasteiger partial charge in [-0.05, 0) is 6.07 Å². The molecule has 0 aliphatic heterocycles. The van der Waals surface area contributed by atoms with Crippen LogP contribution in [-0.4, -0.2) is 20.5 Å². The van der Waals surface area contributed by atoms with E-state index in [0.717, 1.165) is 13.2 Å². The molecule has 0 saturated carbocycles. The first-order chi connectivity index (χ1) is 7.27. The Hall–Kier alpha value is -1.15. The highest BCUT2D eigenvalue weighted by Gasteiger charge is 2.24. The first kappa shape index (κ1) is 12.9. The Morgan fingerprint density at radius 2 is 2.12 bits per heavy atom. The molecule has 1 aromatic heterocycles. The summed E-state index contributed by atoms with van der Waals surface area (Å²) < 4.78 is 51.5. The van der Waals surface area contributed by atoms with Gasteiger partial charge in [0, 0.05) is 10.7 Å². The quantitative estimate of drug-likeness (QED) is 0.844. The Morgan fingerprint density at radius 1 is 1.56 bits per heavy atom. The molecule has 0 spiro atoms. The van der Waals surface area contributed by atoms with Crippen molar-refractivity contribution in [1.29, 1.82) is 0 Å². The summed E-state index contributed by atoms with van der Waals surface area (Å²) in [5.41, 5.74) is 4.29. The molecular formula is C7H7ClF2N2O3S. The lowest BCUT2D eigenvalue weighted by Crippen LogP contribution is -2.06. The number of halogens is 3. The second-order valence-corrected chi connectivity index (χ2v) is 5.19. The monoisotopic (exact) mass is 272 g/mol. The molecule has 0 amide bonds. The molecule has 0 aromatic carbocycles. The highest BCUT2D eigenvalue weighted by Crippen LogP contribution is 2.33. The molecule has 0 bridgehead atoms. The standard InChI is InChI=1S/C7H7ClF2N2O3S/c1-15-5-3(11)2-4(6(9)10)12-7(5)16(8,13)14/h2,6H,1H3,(H2,11,12).